The Balaban J connectivity index is 4.11. The molecule has 0 saturated heterocycles. The minimum Gasteiger partial charge on any atom is -0.480 e. The van der Waals surface area contributed by atoms with Crippen LogP contribution in [0, 0.1) is 0 Å². The Hall–Kier alpha value is -2.05. The Morgan fingerprint density at radius 2 is 2.06 bits per heavy atom. The molecule has 0 aromatic carbocycles. The Labute approximate surface area is 92.0 Å². The van der Waals surface area contributed by atoms with Crippen LogP contribution in [0.5, 0.6) is 0 Å². The fourth-order valence-corrected chi connectivity index (χ4v) is 0.694. The molecule has 16 heavy (non-hydrogen) atoms. The number of nitrogens with one attached hydrogen (secondary N) is 1. The lowest BCUT2D eigenvalue weighted by Gasteiger charge is -2.13. The number of amides is 1. The highest BCUT2D eigenvalue weighted by Gasteiger charge is 2.21. The predicted molar refractivity (Wildman–Crippen MR) is 52.7 cm³/mol. The summed E-state index contributed by atoms with van der Waals surface area (Å²) in [6, 6.07) is -1.33. The van der Waals surface area contributed by atoms with Crippen LogP contribution in [-0.4, -0.2) is 42.4 Å². The molecule has 0 aromatic heterocycles. The predicted octanol–water partition coefficient (Wildman–Crippen LogP) is -0.0851. The van der Waals surface area contributed by atoms with E-state index in [1.807, 2.05) is 5.32 Å². The Bertz CT molecular complexity index is 288. The number of carboxylic acids is 1. The number of hydrogen-bond donors (Lipinski definition) is 2. The number of ether oxygens (including phenoxy) is 2. The first-order valence-corrected chi connectivity index (χ1v) is 4.37. The topological polar surface area (TPSA) is 102 Å². The highest BCUT2D eigenvalue weighted by Crippen LogP contribution is 1.90. The first-order valence-electron chi connectivity index (χ1n) is 4.37. The number of rotatable bonds is 6. The number of esters is 1. The van der Waals surface area contributed by atoms with Gasteiger partial charge in [0.1, 0.15) is 13.2 Å². The van der Waals surface area contributed by atoms with Crippen molar-refractivity contribution < 1.29 is 29.0 Å². The number of hydrogen-bond acceptors (Lipinski definition) is 5. The van der Waals surface area contributed by atoms with Crippen LogP contribution in [0.2, 0.25) is 0 Å². The second-order valence-electron chi connectivity index (χ2n) is 2.72. The summed E-state index contributed by atoms with van der Waals surface area (Å²) in [6.07, 6.45) is 0.418. The molecule has 1 atom stereocenters. The molecule has 0 saturated carbocycles. The molecule has 7 nitrogen and oxygen atoms in total. The maximum atomic E-state index is 11.0. The molecular formula is C9H13NO6. The van der Waals surface area contributed by atoms with E-state index >= 15 is 0 Å². The summed E-state index contributed by atoms with van der Waals surface area (Å²) in [4.78, 5) is 32.1. The van der Waals surface area contributed by atoms with Crippen LogP contribution in [-0.2, 0) is 19.1 Å². The molecule has 0 aliphatic carbocycles. The van der Waals surface area contributed by atoms with Gasteiger partial charge in [-0.2, -0.15) is 0 Å². The minimum atomic E-state index is -1.33. The van der Waals surface area contributed by atoms with Gasteiger partial charge in [0.25, 0.3) is 0 Å². The lowest BCUT2D eigenvalue weighted by atomic mass is 10.3. The summed E-state index contributed by atoms with van der Waals surface area (Å²) < 4.78 is 8.97. The smallest absolute Gasteiger partial charge is 0.408 e. The average Bonchev–Trinajstić information content (AvgIpc) is 2.20. The van der Waals surface area contributed by atoms with E-state index in [-0.39, 0.29) is 6.61 Å². The highest BCUT2D eigenvalue weighted by atomic mass is 16.6. The molecule has 1 amide bonds. The van der Waals surface area contributed by atoms with Crippen molar-refractivity contribution in [3.8, 4) is 0 Å². The van der Waals surface area contributed by atoms with Crippen molar-refractivity contribution in [1.82, 2.24) is 5.32 Å². The van der Waals surface area contributed by atoms with Crippen molar-refractivity contribution in [3.05, 3.63) is 12.7 Å². The molecule has 0 bridgehead atoms. The molecule has 0 aliphatic rings. The number of carboxylic acid groups (broad SMARTS) is 1. The lowest BCUT2D eigenvalue weighted by Crippen LogP contribution is -2.44. The van der Waals surface area contributed by atoms with Gasteiger partial charge in [-0.05, 0) is 0 Å². The third kappa shape index (κ3) is 6.41. The summed E-state index contributed by atoms with van der Waals surface area (Å²) in [6.45, 7) is 3.96. The first kappa shape index (κ1) is 13.9. The van der Waals surface area contributed by atoms with Gasteiger partial charge >= 0.3 is 18.0 Å². The monoisotopic (exact) mass is 231 g/mol. The summed E-state index contributed by atoms with van der Waals surface area (Å²) in [5.74, 6) is -1.95. The van der Waals surface area contributed by atoms with Gasteiger partial charge in [-0.25, -0.2) is 9.59 Å². The van der Waals surface area contributed by atoms with E-state index in [1.54, 1.807) is 0 Å². The van der Waals surface area contributed by atoms with Crippen molar-refractivity contribution >= 4 is 18.0 Å². The number of carbonyl (C=O) groups excluding carboxylic acids is 2. The SMILES string of the molecule is C=CCOC(=O)NC(COC(C)=O)C(=O)O. The van der Waals surface area contributed by atoms with E-state index in [9.17, 15) is 14.4 Å². The van der Waals surface area contributed by atoms with E-state index in [0.717, 1.165) is 6.92 Å². The maximum Gasteiger partial charge on any atom is 0.408 e. The number of aliphatic carboxylic acids is 1. The van der Waals surface area contributed by atoms with Crippen LogP contribution >= 0.6 is 0 Å². The summed E-state index contributed by atoms with van der Waals surface area (Å²) in [7, 11) is 0. The van der Waals surface area contributed by atoms with Crippen molar-refractivity contribution in [3.63, 3.8) is 0 Å². The van der Waals surface area contributed by atoms with E-state index in [0.29, 0.717) is 0 Å². The third-order valence-corrected chi connectivity index (χ3v) is 1.38. The summed E-state index contributed by atoms with van der Waals surface area (Å²) in [5, 5.41) is 10.7. The second kappa shape index (κ2) is 7.27. The van der Waals surface area contributed by atoms with E-state index in [4.69, 9.17) is 5.11 Å². The fourth-order valence-electron chi connectivity index (χ4n) is 0.694. The standard InChI is InChI=1S/C9H13NO6/c1-3-4-15-9(14)10-7(8(12)13)5-16-6(2)11/h3,7H,1,4-5H2,2H3,(H,10,14)(H,12,13). The number of alkyl carbamates (subject to hydrolysis) is 1. The molecule has 0 aliphatic heterocycles. The molecule has 2 N–H and O–H groups in total. The second-order valence-corrected chi connectivity index (χ2v) is 2.72. The van der Waals surface area contributed by atoms with Gasteiger partial charge in [0.15, 0.2) is 6.04 Å². The van der Waals surface area contributed by atoms with Crippen molar-refractivity contribution in [2.75, 3.05) is 13.2 Å². The molecule has 7 heteroatoms. The van der Waals surface area contributed by atoms with E-state index in [2.05, 4.69) is 16.1 Å². The average molecular weight is 231 g/mol. The Kier molecular flexibility index (Phi) is 6.34. The Morgan fingerprint density at radius 1 is 1.44 bits per heavy atom. The van der Waals surface area contributed by atoms with Crippen LogP contribution in [0.15, 0.2) is 12.7 Å². The molecule has 0 heterocycles. The molecule has 0 aromatic rings. The van der Waals surface area contributed by atoms with Crippen LogP contribution in [0.3, 0.4) is 0 Å². The largest absolute Gasteiger partial charge is 0.480 e. The van der Waals surface area contributed by atoms with E-state index in [1.165, 1.54) is 6.08 Å². The van der Waals surface area contributed by atoms with Gasteiger partial charge in [0, 0.05) is 6.92 Å². The van der Waals surface area contributed by atoms with Gasteiger partial charge in [0.05, 0.1) is 0 Å². The zero-order chi connectivity index (χ0) is 12.6. The van der Waals surface area contributed by atoms with Gasteiger partial charge in [-0.1, -0.05) is 12.7 Å². The zero-order valence-corrected chi connectivity index (χ0v) is 8.76. The lowest BCUT2D eigenvalue weighted by molar-refractivity contribution is -0.146. The van der Waals surface area contributed by atoms with Crippen LogP contribution in [0.4, 0.5) is 4.79 Å². The van der Waals surface area contributed by atoms with Crippen molar-refractivity contribution in [1.29, 1.82) is 0 Å². The molecule has 90 valence electrons. The number of carbonyl (C=O) groups is 3. The zero-order valence-electron chi connectivity index (χ0n) is 8.76. The molecule has 0 spiro atoms. The summed E-state index contributed by atoms with van der Waals surface area (Å²) >= 11 is 0. The molecule has 0 rings (SSSR count). The highest BCUT2D eigenvalue weighted by molar-refractivity contribution is 5.80. The van der Waals surface area contributed by atoms with Crippen LogP contribution in [0.25, 0.3) is 0 Å². The van der Waals surface area contributed by atoms with Gasteiger partial charge < -0.3 is 19.9 Å². The summed E-state index contributed by atoms with van der Waals surface area (Å²) in [5.41, 5.74) is 0. The normalized spacial score (nSPS) is 11.1. The van der Waals surface area contributed by atoms with Crippen LogP contribution < -0.4 is 5.32 Å². The van der Waals surface area contributed by atoms with Gasteiger partial charge in [0.2, 0.25) is 0 Å². The quantitative estimate of drug-likeness (QED) is 0.489. The van der Waals surface area contributed by atoms with Gasteiger partial charge in [-0.15, -0.1) is 0 Å². The van der Waals surface area contributed by atoms with Gasteiger partial charge in [-0.3, -0.25) is 4.79 Å². The first-order chi connectivity index (χ1) is 7.47. The van der Waals surface area contributed by atoms with Crippen LogP contribution in [0.1, 0.15) is 6.92 Å². The van der Waals surface area contributed by atoms with Crippen molar-refractivity contribution in [2.24, 2.45) is 0 Å². The van der Waals surface area contributed by atoms with Crippen molar-refractivity contribution in [2.45, 2.75) is 13.0 Å². The van der Waals surface area contributed by atoms with E-state index < -0.39 is 30.7 Å². The Morgan fingerprint density at radius 3 is 2.50 bits per heavy atom. The molecule has 0 fully saturated rings. The molecular weight excluding hydrogens is 218 g/mol. The maximum absolute atomic E-state index is 11.0. The fraction of sp³-hybridized carbons (Fsp3) is 0.444. The minimum absolute atomic E-state index is 0.0360. The molecule has 1 unspecified atom stereocenters. The third-order valence-electron chi connectivity index (χ3n) is 1.38. The molecule has 0 radical (unpaired) electrons.